The molecule has 3 aromatic rings. The molecule has 0 saturated heterocycles. The zero-order valence-electron chi connectivity index (χ0n) is 14.2. The predicted molar refractivity (Wildman–Crippen MR) is 94.6 cm³/mol. The summed E-state index contributed by atoms with van der Waals surface area (Å²) in [6, 6.07) is 10.2. The van der Waals surface area contributed by atoms with E-state index in [1.165, 1.54) is 20.3 Å². The molecule has 134 valence electrons. The molecule has 8 heteroatoms. The fourth-order valence-electron chi connectivity index (χ4n) is 2.39. The highest BCUT2D eigenvalue weighted by molar-refractivity contribution is 6.08. The predicted octanol–water partition coefficient (Wildman–Crippen LogP) is 2.38. The molecule has 0 aliphatic heterocycles. The first-order valence-corrected chi connectivity index (χ1v) is 7.73. The van der Waals surface area contributed by atoms with Crippen molar-refractivity contribution in [2.75, 3.05) is 26.1 Å². The van der Waals surface area contributed by atoms with Crippen molar-refractivity contribution < 1.29 is 23.8 Å². The number of aromatic amines is 1. The van der Waals surface area contributed by atoms with Crippen molar-refractivity contribution in [3.05, 3.63) is 48.2 Å². The number of ether oxygens (including phenoxy) is 3. The summed E-state index contributed by atoms with van der Waals surface area (Å²) in [6.07, 6.45) is 1.68. The molecule has 0 radical (unpaired) electrons. The van der Waals surface area contributed by atoms with E-state index in [0.29, 0.717) is 22.7 Å². The number of hydrogen-bond donors (Lipinski definition) is 2. The van der Waals surface area contributed by atoms with E-state index in [9.17, 15) is 9.59 Å². The van der Waals surface area contributed by atoms with Gasteiger partial charge in [-0.15, -0.1) is 0 Å². The Kier molecular flexibility index (Phi) is 5.02. The van der Waals surface area contributed by atoms with Crippen LogP contribution in [-0.2, 0) is 9.53 Å². The third kappa shape index (κ3) is 3.59. The van der Waals surface area contributed by atoms with Crippen molar-refractivity contribution in [3.63, 3.8) is 0 Å². The van der Waals surface area contributed by atoms with Crippen LogP contribution in [0, 0.1) is 0 Å². The van der Waals surface area contributed by atoms with Gasteiger partial charge in [0.05, 0.1) is 31.6 Å². The lowest BCUT2D eigenvalue weighted by Crippen LogP contribution is -2.14. The zero-order chi connectivity index (χ0) is 18.5. The number of esters is 1. The fraction of sp³-hybridized carbons (Fsp3) is 0.167. The van der Waals surface area contributed by atoms with Crippen molar-refractivity contribution in [2.24, 2.45) is 0 Å². The second-order valence-corrected chi connectivity index (χ2v) is 5.32. The quantitative estimate of drug-likeness (QED) is 0.658. The number of anilines is 1. The molecule has 1 amide bonds. The van der Waals surface area contributed by atoms with Crippen LogP contribution < -0.4 is 14.8 Å². The molecule has 1 heterocycles. The molecule has 2 aromatic carbocycles. The molecule has 0 spiro atoms. The van der Waals surface area contributed by atoms with Gasteiger partial charge in [-0.25, -0.2) is 4.79 Å². The molecule has 0 fully saturated rings. The number of methoxy groups -OCH3 is 2. The summed E-state index contributed by atoms with van der Waals surface area (Å²) < 4.78 is 15.1. The molecule has 0 bridgehead atoms. The molecule has 0 aliphatic carbocycles. The van der Waals surface area contributed by atoms with E-state index in [0.717, 1.165) is 10.9 Å². The number of rotatable bonds is 6. The standard InChI is InChI=1S/C18H17N3O5/c1-24-15-8-11(6-7-14(15)26-10-16(22)25-2)18(23)20-13-5-3-4-12-9-19-21-17(12)13/h3-9H,10H2,1-2H3,(H,19,21)(H,20,23). The molecule has 2 N–H and O–H groups in total. The molecule has 0 saturated carbocycles. The third-order valence-electron chi connectivity index (χ3n) is 3.72. The summed E-state index contributed by atoms with van der Waals surface area (Å²) in [5.41, 5.74) is 1.74. The molecule has 0 atom stereocenters. The second kappa shape index (κ2) is 7.56. The average Bonchev–Trinajstić information content (AvgIpc) is 3.15. The molecular formula is C18H17N3O5. The number of benzene rings is 2. The normalized spacial score (nSPS) is 10.4. The van der Waals surface area contributed by atoms with Gasteiger partial charge in [-0.2, -0.15) is 5.10 Å². The molecule has 26 heavy (non-hydrogen) atoms. The van der Waals surface area contributed by atoms with Crippen LogP contribution in [0.3, 0.4) is 0 Å². The van der Waals surface area contributed by atoms with E-state index in [1.54, 1.807) is 24.4 Å². The van der Waals surface area contributed by atoms with E-state index in [4.69, 9.17) is 9.47 Å². The van der Waals surface area contributed by atoms with Gasteiger partial charge in [0.15, 0.2) is 18.1 Å². The molecular weight excluding hydrogens is 338 g/mol. The minimum absolute atomic E-state index is 0.250. The number of carbonyl (C=O) groups excluding carboxylic acids is 2. The number of aromatic nitrogens is 2. The zero-order valence-corrected chi connectivity index (χ0v) is 14.2. The Bertz CT molecular complexity index is 951. The maximum Gasteiger partial charge on any atom is 0.343 e. The number of hydrogen-bond acceptors (Lipinski definition) is 6. The van der Waals surface area contributed by atoms with Crippen LogP contribution in [0.1, 0.15) is 10.4 Å². The van der Waals surface area contributed by atoms with E-state index >= 15 is 0 Å². The lowest BCUT2D eigenvalue weighted by Gasteiger charge is -2.12. The van der Waals surface area contributed by atoms with Gasteiger partial charge in [-0.05, 0) is 24.3 Å². The molecule has 0 aliphatic rings. The Morgan fingerprint density at radius 1 is 1.15 bits per heavy atom. The number of H-pyrrole nitrogens is 1. The number of amides is 1. The maximum atomic E-state index is 12.6. The third-order valence-corrected chi connectivity index (χ3v) is 3.72. The summed E-state index contributed by atoms with van der Waals surface area (Å²) >= 11 is 0. The second-order valence-electron chi connectivity index (χ2n) is 5.32. The van der Waals surface area contributed by atoms with Crippen LogP contribution in [-0.4, -0.2) is 42.9 Å². The minimum Gasteiger partial charge on any atom is -0.493 e. The van der Waals surface area contributed by atoms with Gasteiger partial charge in [0.25, 0.3) is 5.91 Å². The summed E-state index contributed by atoms with van der Waals surface area (Å²) in [5, 5.41) is 10.6. The number of nitrogens with one attached hydrogen (secondary N) is 2. The van der Waals surface area contributed by atoms with Crippen molar-refractivity contribution in [1.82, 2.24) is 10.2 Å². The first kappa shape index (κ1) is 17.3. The van der Waals surface area contributed by atoms with Crippen LogP contribution in [0.25, 0.3) is 10.9 Å². The molecule has 1 aromatic heterocycles. The van der Waals surface area contributed by atoms with Gasteiger partial charge in [0.2, 0.25) is 0 Å². The Balaban J connectivity index is 1.79. The highest BCUT2D eigenvalue weighted by Crippen LogP contribution is 2.29. The van der Waals surface area contributed by atoms with Crippen molar-refractivity contribution in [2.45, 2.75) is 0 Å². The number of fused-ring (bicyclic) bond motifs is 1. The van der Waals surface area contributed by atoms with Crippen molar-refractivity contribution >= 4 is 28.5 Å². The minimum atomic E-state index is -0.512. The van der Waals surface area contributed by atoms with Gasteiger partial charge in [-0.1, -0.05) is 12.1 Å². The highest BCUT2D eigenvalue weighted by Gasteiger charge is 2.14. The molecule has 3 rings (SSSR count). The monoisotopic (exact) mass is 355 g/mol. The fourth-order valence-corrected chi connectivity index (χ4v) is 2.39. The number of nitrogens with zero attached hydrogens (tertiary/aromatic N) is 1. The summed E-state index contributed by atoms with van der Waals surface area (Å²) in [5.74, 6) is -0.155. The summed E-state index contributed by atoms with van der Waals surface area (Å²) in [7, 11) is 2.73. The van der Waals surface area contributed by atoms with Crippen LogP contribution in [0.15, 0.2) is 42.6 Å². The summed E-state index contributed by atoms with van der Waals surface area (Å²) in [4.78, 5) is 23.7. The van der Waals surface area contributed by atoms with Gasteiger partial charge < -0.3 is 19.5 Å². The van der Waals surface area contributed by atoms with Crippen LogP contribution in [0.4, 0.5) is 5.69 Å². The number of para-hydroxylation sites is 1. The van der Waals surface area contributed by atoms with E-state index in [2.05, 4.69) is 20.3 Å². The SMILES string of the molecule is COC(=O)COc1ccc(C(=O)Nc2cccc3cn[nH]c23)cc1OC. The van der Waals surface area contributed by atoms with E-state index in [1.807, 2.05) is 12.1 Å². The smallest absolute Gasteiger partial charge is 0.343 e. The first-order valence-electron chi connectivity index (χ1n) is 7.73. The lowest BCUT2D eigenvalue weighted by atomic mass is 10.1. The summed E-state index contributed by atoms with van der Waals surface area (Å²) in [6.45, 7) is -0.250. The van der Waals surface area contributed by atoms with Gasteiger partial charge in [0.1, 0.15) is 0 Å². The Morgan fingerprint density at radius 2 is 2.00 bits per heavy atom. The van der Waals surface area contributed by atoms with Gasteiger partial charge >= 0.3 is 5.97 Å². The Morgan fingerprint density at radius 3 is 2.77 bits per heavy atom. The Hall–Kier alpha value is -3.55. The van der Waals surface area contributed by atoms with Gasteiger partial charge in [0, 0.05) is 10.9 Å². The highest BCUT2D eigenvalue weighted by atomic mass is 16.6. The molecule has 8 nitrogen and oxygen atoms in total. The van der Waals surface area contributed by atoms with Crippen molar-refractivity contribution in [1.29, 1.82) is 0 Å². The number of carbonyl (C=O) groups is 2. The van der Waals surface area contributed by atoms with E-state index < -0.39 is 5.97 Å². The van der Waals surface area contributed by atoms with Crippen molar-refractivity contribution in [3.8, 4) is 11.5 Å². The van der Waals surface area contributed by atoms with E-state index in [-0.39, 0.29) is 12.5 Å². The first-order chi connectivity index (χ1) is 12.6. The largest absolute Gasteiger partial charge is 0.493 e. The van der Waals surface area contributed by atoms with Gasteiger partial charge in [-0.3, -0.25) is 9.89 Å². The maximum absolute atomic E-state index is 12.6. The van der Waals surface area contributed by atoms with Crippen LogP contribution >= 0.6 is 0 Å². The topological polar surface area (TPSA) is 103 Å². The van der Waals surface area contributed by atoms with Crippen LogP contribution in [0.5, 0.6) is 11.5 Å². The lowest BCUT2D eigenvalue weighted by molar-refractivity contribution is -0.142. The average molecular weight is 355 g/mol. The van der Waals surface area contributed by atoms with Crippen LogP contribution in [0.2, 0.25) is 0 Å². The Labute approximate surface area is 149 Å². The molecule has 0 unspecified atom stereocenters.